The first-order valence-electron chi connectivity index (χ1n) is 13.1. The Morgan fingerprint density at radius 2 is 1.79 bits per heavy atom. The third kappa shape index (κ3) is 5.81. The number of pyridine rings is 1. The Hall–Kier alpha value is -3.91. The highest BCUT2D eigenvalue weighted by Gasteiger charge is 2.20. The minimum atomic E-state index is -0.170. The molecule has 8 heteroatoms. The second-order valence-electron chi connectivity index (χ2n) is 11.1. The number of carbonyl (C=O) groups is 1. The number of aryl methyl sites for hydroxylation is 1. The van der Waals surface area contributed by atoms with Gasteiger partial charge in [0.15, 0.2) is 0 Å². The van der Waals surface area contributed by atoms with Gasteiger partial charge in [-0.1, -0.05) is 32.9 Å². The largest absolute Gasteiger partial charge is 0.457 e. The summed E-state index contributed by atoms with van der Waals surface area (Å²) < 4.78 is 8.13. The van der Waals surface area contributed by atoms with E-state index in [0.29, 0.717) is 17.2 Å². The number of benzene rings is 2. The predicted octanol–water partition coefficient (Wildman–Crippen LogP) is 6.12. The van der Waals surface area contributed by atoms with Gasteiger partial charge in [0.25, 0.3) is 5.91 Å². The molecule has 0 saturated carbocycles. The number of likely N-dealkylation sites (tertiary alicyclic amines) is 1. The lowest BCUT2D eigenvalue weighted by atomic mass is 9.87. The number of carbonyl (C=O) groups excluding carboxylic acids is 1. The minimum absolute atomic E-state index is 0. The molecule has 8 nitrogen and oxygen atoms in total. The van der Waals surface area contributed by atoms with Gasteiger partial charge in [-0.2, -0.15) is 0 Å². The van der Waals surface area contributed by atoms with Crippen molar-refractivity contribution >= 4 is 28.6 Å². The van der Waals surface area contributed by atoms with E-state index >= 15 is 0 Å². The van der Waals surface area contributed by atoms with Crippen LogP contribution < -0.4 is 15.4 Å². The molecule has 0 radical (unpaired) electrons. The number of aromatic nitrogens is 3. The van der Waals surface area contributed by atoms with Crippen LogP contribution in [0, 0.1) is 0 Å². The average Bonchev–Trinajstić information content (AvgIpc) is 3.19. The van der Waals surface area contributed by atoms with Crippen LogP contribution in [0.25, 0.3) is 11.0 Å². The molecule has 5 rings (SSSR count). The second kappa shape index (κ2) is 10.5. The summed E-state index contributed by atoms with van der Waals surface area (Å²) in [5, 5.41) is 6.56. The van der Waals surface area contributed by atoms with E-state index in [-0.39, 0.29) is 20.2 Å². The molecule has 0 aliphatic carbocycles. The van der Waals surface area contributed by atoms with Crippen LogP contribution in [-0.4, -0.2) is 51.5 Å². The fraction of sp³-hybridized carbons (Fsp3) is 0.367. The Morgan fingerprint density at radius 3 is 2.55 bits per heavy atom. The molecule has 1 saturated heterocycles. The Labute approximate surface area is 227 Å². The quantitative estimate of drug-likeness (QED) is 0.321. The SMILES string of the molecule is CN1CCC(NC(=O)c2cc(Oc3ccc4c(c3)nc(Nc3cccc(C(C)(C)C)c3)n4C)ccn2)CC1.[HH].[HH]. The molecule has 2 aromatic heterocycles. The maximum atomic E-state index is 12.8. The number of nitrogens with one attached hydrogen (secondary N) is 2. The van der Waals surface area contributed by atoms with Gasteiger partial charge in [-0.25, -0.2) is 4.98 Å². The van der Waals surface area contributed by atoms with Crippen molar-refractivity contribution in [2.24, 2.45) is 7.05 Å². The molecule has 1 aliphatic rings. The molecular weight excluding hydrogens is 476 g/mol. The van der Waals surface area contributed by atoms with Crippen LogP contribution in [0.15, 0.2) is 60.8 Å². The summed E-state index contributed by atoms with van der Waals surface area (Å²) in [6.45, 7) is 8.58. The van der Waals surface area contributed by atoms with Gasteiger partial charge >= 0.3 is 0 Å². The number of hydrogen-bond donors (Lipinski definition) is 2. The molecule has 0 spiro atoms. The number of fused-ring (bicyclic) bond motifs is 1. The highest BCUT2D eigenvalue weighted by Crippen LogP contribution is 2.30. The summed E-state index contributed by atoms with van der Waals surface area (Å²) in [6, 6.07) is 17.8. The van der Waals surface area contributed by atoms with E-state index in [1.165, 1.54) is 5.56 Å². The lowest BCUT2D eigenvalue weighted by Gasteiger charge is -2.29. The molecule has 38 heavy (non-hydrogen) atoms. The highest BCUT2D eigenvalue weighted by molar-refractivity contribution is 5.92. The fourth-order valence-electron chi connectivity index (χ4n) is 4.69. The lowest BCUT2D eigenvalue weighted by molar-refractivity contribution is 0.0911. The topological polar surface area (TPSA) is 84.3 Å². The molecule has 0 atom stereocenters. The smallest absolute Gasteiger partial charge is 0.270 e. The van der Waals surface area contributed by atoms with Crippen LogP contribution in [0.1, 0.15) is 52.5 Å². The van der Waals surface area contributed by atoms with Crippen molar-refractivity contribution in [3.63, 3.8) is 0 Å². The van der Waals surface area contributed by atoms with Crippen molar-refractivity contribution in [2.75, 3.05) is 25.5 Å². The normalized spacial score (nSPS) is 15.0. The van der Waals surface area contributed by atoms with Crippen molar-refractivity contribution in [1.29, 1.82) is 0 Å². The molecule has 202 valence electrons. The Bertz CT molecular complexity index is 1460. The molecule has 1 fully saturated rings. The Balaban J connectivity index is 0.00000220. The van der Waals surface area contributed by atoms with Crippen LogP contribution in [0.2, 0.25) is 0 Å². The second-order valence-corrected chi connectivity index (χ2v) is 11.1. The van der Waals surface area contributed by atoms with Crippen molar-refractivity contribution in [3.8, 4) is 11.5 Å². The van der Waals surface area contributed by atoms with Crippen molar-refractivity contribution < 1.29 is 12.4 Å². The van der Waals surface area contributed by atoms with Gasteiger partial charge in [-0.3, -0.25) is 9.78 Å². The third-order valence-electron chi connectivity index (χ3n) is 7.09. The first kappa shape index (κ1) is 25.7. The number of amides is 1. The lowest BCUT2D eigenvalue weighted by Crippen LogP contribution is -2.43. The number of hydrogen-bond acceptors (Lipinski definition) is 6. The van der Waals surface area contributed by atoms with E-state index in [0.717, 1.165) is 48.6 Å². The van der Waals surface area contributed by atoms with Crippen molar-refractivity contribution in [1.82, 2.24) is 24.8 Å². The van der Waals surface area contributed by atoms with Crippen LogP contribution >= 0.6 is 0 Å². The molecular formula is C30H40N6O2. The van der Waals surface area contributed by atoms with Gasteiger partial charge in [-0.15, -0.1) is 0 Å². The molecule has 0 unspecified atom stereocenters. The first-order chi connectivity index (χ1) is 18.2. The zero-order valence-electron chi connectivity index (χ0n) is 22.8. The zero-order valence-corrected chi connectivity index (χ0v) is 22.8. The van der Waals surface area contributed by atoms with E-state index in [9.17, 15) is 4.79 Å². The van der Waals surface area contributed by atoms with Crippen LogP contribution in [0.4, 0.5) is 11.6 Å². The minimum Gasteiger partial charge on any atom is -0.457 e. The van der Waals surface area contributed by atoms with Crippen LogP contribution in [-0.2, 0) is 12.5 Å². The van der Waals surface area contributed by atoms with E-state index in [4.69, 9.17) is 9.72 Å². The summed E-state index contributed by atoms with van der Waals surface area (Å²) >= 11 is 0. The summed E-state index contributed by atoms with van der Waals surface area (Å²) in [4.78, 5) is 24.1. The molecule has 1 amide bonds. The van der Waals surface area contributed by atoms with Gasteiger partial charge in [0.05, 0.1) is 11.0 Å². The molecule has 4 aromatic rings. The summed E-state index contributed by atoms with van der Waals surface area (Å²) in [7, 11) is 4.09. The molecule has 2 aromatic carbocycles. The number of piperidine rings is 1. The van der Waals surface area contributed by atoms with Gasteiger partial charge in [0.1, 0.15) is 17.2 Å². The maximum absolute atomic E-state index is 12.8. The number of rotatable bonds is 6. The zero-order chi connectivity index (χ0) is 26.9. The van der Waals surface area contributed by atoms with Crippen molar-refractivity contribution in [2.45, 2.75) is 45.1 Å². The number of nitrogens with zero attached hydrogens (tertiary/aromatic N) is 4. The van der Waals surface area contributed by atoms with Crippen LogP contribution in [0.3, 0.4) is 0 Å². The van der Waals surface area contributed by atoms with E-state index in [1.54, 1.807) is 18.3 Å². The summed E-state index contributed by atoms with van der Waals surface area (Å²) in [5.41, 5.74) is 4.47. The number of ether oxygens (including phenoxy) is 1. The van der Waals surface area contributed by atoms with E-state index < -0.39 is 0 Å². The van der Waals surface area contributed by atoms with Gasteiger partial charge < -0.3 is 24.8 Å². The summed E-state index contributed by atoms with van der Waals surface area (Å²) in [6.07, 6.45) is 3.49. The first-order valence-corrected chi connectivity index (χ1v) is 13.1. The van der Waals surface area contributed by atoms with Gasteiger partial charge in [-0.05, 0) is 74.3 Å². The molecule has 2 N–H and O–H groups in total. The van der Waals surface area contributed by atoms with E-state index in [2.05, 4.69) is 66.5 Å². The molecule has 3 heterocycles. The fourth-order valence-corrected chi connectivity index (χ4v) is 4.69. The van der Waals surface area contributed by atoms with Crippen molar-refractivity contribution in [3.05, 3.63) is 72.1 Å². The molecule has 0 bridgehead atoms. The number of imidazole rings is 1. The number of anilines is 2. The predicted molar refractivity (Wildman–Crippen MR) is 156 cm³/mol. The standard InChI is InChI=1S/C30H36N6O2.2H2/c1-30(2,3)20-7-6-8-22(17-20)33-29-34-25-18-23(9-10-27(25)36(29)5)38-24-11-14-31-26(19-24)28(37)32-21-12-15-35(4)16-13-21;;/h6-11,14,17-19,21H,12-13,15-16H2,1-5H3,(H,32,37)(H,33,34);2*1H. The monoisotopic (exact) mass is 516 g/mol. The highest BCUT2D eigenvalue weighted by atomic mass is 16.5. The van der Waals surface area contributed by atoms with E-state index in [1.807, 2.05) is 35.9 Å². The van der Waals surface area contributed by atoms with Crippen LogP contribution in [0.5, 0.6) is 11.5 Å². The van der Waals surface area contributed by atoms with Gasteiger partial charge in [0, 0.05) is 40.0 Å². The third-order valence-corrected chi connectivity index (χ3v) is 7.09. The van der Waals surface area contributed by atoms with Gasteiger partial charge in [0.2, 0.25) is 5.95 Å². The Morgan fingerprint density at radius 1 is 1.03 bits per heavy atom. The Kier molecular flexibility index (Phi) is 7.08. The average molecular weight is 517 g/mol. The summed E-state index contributed by atoms with van der Waals surface area (Å²) in [5.74, 6) is 1.78. The maximum Gasteiger partial charge on any atom is 0.270 e. The molecule has 1 aliphatic heterocycles.